The lowest BCUT2D eigenvalue weighted by molar-refractivity contribution is -0.130. The molecule has 0 bridgehead atoms. The van der Waals surface area contributed by atoms with Crippen molar-refractivity contribution in [2.24, 2.45) is 11.1 Å². The second-order valence-electron chi connectivity index (χ2n) is 4.95. The predicted molar refractivity (Wildman–Crippen MR) is 66.0 cm³/mol. The summed E-state index contributed by atoms with van der Waals surface area (Å²) in [5.74, 6) is 0.0688. The van der Waals surface area contributed by atoms with Crippen molar-refractivity contribution >= 4 is 5.91 Å². The smallest absolute Gasteiger partial charge is 0.227 e. The van der Waals surface area contributed by atoms with E-state index in [0.29, 0.717) is 6.54 Å². The molecule has 0 radical (unpaired) electrons. The van der Waals surface area contributed by atoms with Gasteiger partial charge in [-0.15, -0.1) is 0 Å². The highest BCUT2D eigenvalue weighted by Gasteiger charge is 2.42. The molecule has 17 heavy (non-hydrogen) atoms. The van der Waals surface area contributed by atoms with Crippen molar-refractivity contribution in [2.45, 2.75) is 38.8 Å². The Bertz CT molecular complexity index is 393. The van der Waals surface area contributed by atoms with Crippen molar-refractivity contribution in [2.75, 3.05) is 0 Å². The molecule has 0 saturated heterocycles. The summed E-state index contributed by atoms with van der Waals surface area (Å²) in [5, 5.41) is 2.97. The second kappa shape index (κ2) is 4.84. The summed E-state index contributed by atoms with van der Waals surface area (Å²) in [6.07, 6.45) is 6.32. The summed E-state index contributed by atoms with van der Waals surface area (Å²) in [4.78, 5) is 16.1. The quantitative estimate of drug-likeness (QED) is 0.824. The molecule has 1 aliphatic rings. The van der Waals surface area contributed by atoms with E-state index in [1.54, 1.807) is 12.4 Å². The summed E-state index contributed by atoms with van der Waals surface area (Å²) in [6.45, 7) is 2.51. The van der Waals surface area contributed by atoms with Gasteiger partial charge in [0, 0.05) is 25.0 Å². The molecule has 0 aliphatic heterocycles. The summed E-state index contributed by atoms with van der Waals surface area (Å²) in [7, 11) is 0. The van der Waals surface area contributed by atoms with Gasteiger partial charge in [-0.25, -0.2) is 0 Å². The van der Waals surface area contributed by atoms with Crippen LogP contribution in [-0.2, 0) is 11.3 Å². The number of nitrogens with two attached hydrogens (primary N) is 1. The van der Waals surface area contributed by atoms with Gasteiger partial charge in [-0.05, 0) is 37.5 Å². The normalized spacial score (nSPS) is 28.0. The molecule has 1 amide bonds. The highest BCUT2D eigenvalue weighted by molar-refractivity contribution is 5.83. The number of nitrogens with one attached hydrogen (secondary N) is 1. The van der Waals surface area contributed by atoms with Gasteiger partial charge < -0.3 is 11.1 Å². The van der Waals surface area contributed by atoms with Crippen LogP contribution in [0.2, 0.25) is 0 Å². The Kier molecular flexibility index (Phi) is 3.43. The fraction of sp³-hybridized carbons (Fsp3) is 0.538. The minimum atomic E-state index is -0.396. The maximum absolute atomic E-state index is 12.1. The molecule has 4 nitrogen and oxygen atoms in total. The molecule has 2 unspecified atom stereocenters. The van der Waals surface area contributed by atoms with Gasteiger partial charge in [0.2, 0.25) is 5.91 Å². The predicted octanol–water partition coefficient (Wildman–Crippen LogP) is 1.22. The molecule has 2 atom stereocenters. The summed E-state index contributed by atoms with van der Waals surface area (Å²) >= 11 is 0. The monoisotopic (exact) mass is 233 g/mol. The molecule has 1 fully saturated rings. The van der Waals surface area contributed by atoms with E-state index in [2.05, 4.69) is 10.3 Å². The van der Waals surface area contributed by atoms with E-state index in [9.17, 15) is 4.79 Å². The Hall–Kier alpha value is -1.42. The molecule has 92 valence electrons. The van der Waals surface area contributed by atoms with E-state index in [0.717, 1.165) is 24.8 Å². The first-order chi connectivity index (χ1) is 8.13. The van der Waals surface area contributed by atoms with Crippen LogP contribution in [0.25, 0.3) is 0 Å². The third-order valence-electron chi connectivity index (χ3n) is 3.75. The average Bonchev–Trinajstić information content (AvgIpc) is 2.69. The van der Waals surface area contributed by atoms with Crippen molar-refractivity contribution in [1.82, 2.24) is 10.3 Å². The maximum Gasteiger partial charge on any atom is 0.227 e. The Morgan fingerprint density at radius 2 is 2.29 bits per heavy atom. The van der Waals surface area contributed by atoms with Gasteiger partial charge in [-0.2, -0.15) is 0 Å². The van der Waals surface area contributed by atoms with Crippen molar-refractivity contribution in [3.05, 3.63) is 30.1 Å². The average molecular weight is 233 g/mol. The molecular weight excluding hydrogens is 214 g/mol. The van der Waals surface area contributed by atoms with Crippen LogP contribution in [-0.4, -0.2) is 16.9 Å². The first-order valence-corrected chi connectivity index (χ1v) is 6.06. The zero-order valence-corrected chi connectivity index (χ0v) is 10.1. The molecule has 1 aliphatic carbocycles. The van der Waals surface area contributed by atoms with E-state index >= 15 is 0 Å². The van der Waals surface area contributed by atoms with Crippen LogP contribution in [0.15, 0.2) is 24.5 Å². The Morgan fingerprint density at radius 1 is 1.59 bits per heavy atom. The third-order valence-corrected chi connectivity index (χ3v) is 3.75. The van der Waals surface area contributed by atoms with Crippen LogP contribution < -0.4 is 11.1 Å². The highest BCUT2D eigenvalue weighted by atomic mass is 16.2. The third kappa shape index (κ3) is 2.47. The Labute approximate surface area is 102 Å². The molecule has 4 heteroatoms. The lowest BCUT2D eigenvalue weighted by Gasteiger charge is -2.27. The number of nitrogens with zero attached hydrogens (tertiary/aromatic N) is 1. The van der Waals surface area contributed by atoms with Gasteiger partial charge >= 0.3 is 0 Å². The lowest BCUT2D eigenvalue weighted by Crippen LogP contribution is -2.47. The van der Waals surface area contributed by atoms with E-state index in [1.807, 2.05) is 19.1 Å². The number of hydrogen-bond acceptors (Lipinski definition) is 3. The fourth-order valence-corrected chi connectivity index (χ4v) is 2.36. The number of hydrogen-bond donors (Lipinski definition) is 2. The molecule has 1 saturated carbocycles. The molecule has 1 heterocycles. The van der Waals surface area contributed by atoms with Crippen LogP contribution in [0.5, 0.6) is 0 Å². The van der Waals surface area contributed by atoms with Gasteiger partial charge in [0.15, 0.2) is 0 Å². The van der Waals surface area contributed by atoms with Crippen LogP contribution in [0.1, 0.15) is 31.7 Å². The molecule has 2 rings (SSSR count). The largest absolute Gasteiger partial charge is 0.352 e. The zero-order chi connectivity index (χ0) is 12.3. The van der Waals surface area contributed by atoms with Crippen LogP contribution in [0.4, 0.5) is 0 Å². The van der Waals surface area contributed by atoms with Gasteiger partial charge in [-0.1, -0.05) is 6.42 Å². The number of carbonyl (C=O) groups excluding carboxylic acids is 1. The van der Waals surface area contributed by atoms with Crippen molar-refractivity contribution in [3.8, 4) is 0 Å². The first kappa shape index (κ1) is 12.0. The van der Waals surface area contributed by atoms with Crippen molar-refractivity contribution < 1.29 is 4.79 Å². The number of carbonyl (C=O) groups is 1. The summed E-state index contributed by atoms with van der Waals surface area (Å²) in [5.41, 5.74) is 6.68. The number of aromatic nitrogens is 1. The SMILES string of the molecule is CC1(C(=O)NCc2ccncc2)CCCC1N. The van der Waals surface area contributed by atoms with Crippen molar-refractivity contribution in [1.29, 1.82) is 0 Å². The summed E-state index contributed by atoms with van der Waals surface area (Å²) < 4.78 is 0. The van der Waals surface area contributed by atoms with Crippen LogP contribution in [0.3, 0.4) is 0 Å². The van der Waals surface area contributed by atoms with Gasteiger partial charge in [0.1, 0.15) is 0 Å². The zero-order valence-electron chi connectivity index (χ0n) is 10.1. The van der Waals surface area contributed by atoms with E-state index in [1.165, 1.54) is 0 Å². The van der Waals surface area contributed by atoms with E-state index < -0.39 is 5.41 Å². The topological polar surface area (TPSA) is 68.0 Å². The summed E-state index contributed by atoms with van der Waals surface area (Å²) in [6, 6.07) is 3.79. The van der Waals surface area contributed by atoms with Crippen molar-refractivity contribution in [3.63, 3.8) is 0 Å². The fourth-order valence-electron chi connectivity index (χ4n) is 2.36. The van der Waals surface area contributed by atoms with Crippen LogP contribution >= 0.6 is 0 Å². The first-order valence-electron chi connectivity index (χ1n) is 6.06. The minimum absolute atomic E-state index is 0.0139. The minimum Gasteiger partial charge on any atom is -0.352 e. The maximum atomic E-state index is 12.1. The molecule has 1 aromatic rings. The van der Waals surface area contributed by atoms with Gasteiger partial charge in [-0.3, -0.25) is 9.78 Å². The van der Waals surface area contributed by atoms with E-state index in [4.69, 9.17) is 5.73 Å². The number of pyridine rings is 1. The number of rotatable bonds is 3. The standard InChI is InChI=1S/C13H19N3O/c1-13(6-2-3-11(13)14)12(17)16-9-10-4-7-15-8-5-10/h4-5,7-8,11H,2-3,6,9,14H2,1H3,(H,16,17). The van der Waals surface area contributed by atoms with Crippen LogP contribution in [0, 0.1) is 5.41 Å². The number of amides is 1. The second-order valence-corrected chi connectivity index (χ2v) is 4.95. The van der Waals surface area contributed by atoms with E-state index in [-0.39, 0.29) is 11.9 Å². The van der Waals surface area contributed by atoms with Gasteiger partial charge in [0.05, 0.1) is 5.41 Å². The molecule has 0 spiro atoms. The molecule has 1 aromatic heterocycles. The Balaban J connectivity index is 1.94. The molecule has 0 aromatic carbocycles. The molecule has 3 N–H and O–H groups in total. The van der Waals surface area contributed by atoms with Gasteiger partial charge in [0.25, 0.3) is 0 Å². The Morgan fingerprint density at radius 3 is 2.88 bits per heavy atom. The highest BCUT2D eigenvalue weighted by Crippen LogP contribution is 2.36. The lowest BCUT2D eigenvalue weighted by atomic mass is 9.84. The molecular formula is C13H19N3O.